The summed E-state index contributed by atoms with van der Waals surface area (Å²) in [5.41, 5.74) is -0.399. The highest BCUT2D eigenvalue weighted by Crippen LogP contribution is 2.28. The first kappa shape index (κ1) is 17.0. The molecule has 1 heterocycles. The lowest BCUT2D eigenvalue weighted by atomic mass is 9.88. The summed E-state index contributed by atoms with van der Waals surface area (Å²) in [4.78, 5) is 28.2. The third-order valence-electron chi connectivity index (χ3n) is 3.45. The third-order valence-corrected chi connectivity index (χ3v) is 4.36. The van der Waals surface area contributed by atoms with Crippen LogP contribution in [0.25, 0.3) is 0 Å². The van der Waals surface area contributed by atoms with Gasteiger partial charge in [0.25, 0.3) is 5.91 Å². The number of carbonyl (C=O) groups excluding carboxylic acids is 1. The predicted octanol–water partition coefficient (Wildman–Crippen LogP) is 2.58. The number of hydrogen-bond acceptors (Lipinski definition) is 5. The molecule has 0 aliphatic carbocycles. The molecule has 0 aliphatic rings. The summed E-state index contributed by atoms with van der Waals surface area (Å²) in [6.45, 7) is 3.49. The minimum absolute atomic E-state index is 0.246. The zero-order valence-electron chi connectivity index (χ0n) is 13.1. The zero-order valence-corrected chi connectivity index (χ0v) is 13.9. The van der Waals surface area contributed by atoms with Crippen LogP contribution in [-0.2, 0) is 10.3 Å². The number of carbonyl (C=O) groups is 2. The lowest BCUT2D eigenvalue weighted by Gasteiger charge is -2.30. The molecular weight excluding hydrogens is 316 g/mol. The van der Waals surface area contributed by atoms with Crippen molar-refractivity contribution in [3.8, 4) is 5.75 Å². The normalized spacial score (nSPS) is 13.2. The van der Waals surface area contributed by atoms with Crippen molar-refractivity contribution in [1.29, 1.82) is 0 Å². The summed E-state index contributed by atoms with van der Waals surface area (Å²) in [5, 5.41) is 12.8. The van der Waals surface area contributed by atoms with Crippen molar-refractivity contribution in [2.24, 2.45) is 0 Å². The van der Waals surface area contributed by atoms with Gasteiger partial charge in [-0.2, -0.15) is 0 Å². The van der Waals surface area contributed by atoms with Gasteiger partial charge in [-0.1, -0.05) is 12.1 Å². The molecule has 0 saturated carbocycles. The van der Waals surface area contributed by atoms with Gasteiger partial charge in [0.1, 0.15) is 10.6 Å². The van der Waals surface area contributed by atoms with Gasteiger partial charge in [0, 0.05) is 0 Å². The van der Waals surface area contributed by atoms with E-state index >= 15 is 0 Å². The molecule has 2 rings (SSSR count). The van der Waals surface area contributed by atoms with Gasteiger partial charge in [-0.25, -0.2) is 4.98 Å². The number of rotatable bonds is 6. The van der Waals surface area contributed by atoms with E-state index in [0.717, 1.165) is 5.01 Å². The highest BCUT2D eigenvalue weighted by molar-refractivity contribution is 7.13. The van der Waals surface area contributed by atoms with Crippen LogP contribution >= 0.6 is 11.3 Å². The van der Waals surface area contributed by atoms with Gasteiger partial charge in [0.2, 0.25) is 0 Å². The number of amides is 1. The number of ether oxygens (including phenoxy) is 1. The van der Waals surface area contributed by atoms with Crippen molar-refractivity contribution in [2.45, 2.75) is 25.8 Å². The molecule has 1 amide bonds. The van der Waals surface area contributed by atoms with E-state index < -0.39 is 11.5 Å². The van der Waals surface area contributed by atoms with E-state index in [9.17, 15) is 14.7 Å². The summed E-state index contributed by atoms with van der Waals surface area (Å²) in [7, 11) is 1.53. The molecular formula is C16H18N2O4S. The topological polar surface area (TPSA) is 88.5 Å². The SMILES string of the molecule is COc1cccc(C(C)(CC(=O)O)NC(=O)c2cnc(C)s2)c1. The van der Waals surface area contributed by atoms with E-state index in [2.05, 4.69) is 10.3 Å². The van der Waals surface area contributed by atoms with Crippen molar-refractivity contribution in [3.63, 3.8) is 0 Å². The summed E-state index contributed by atoms with van der Waals surface area (Å²) in [6, 6.07) is 7.02. The number of aryl methyl sites for hydroxylation is 1. The maximum absolute atomic E-state index is 12.4. The highest BCUT2D eigenvalue weighted by Gasteiger charge is 2.32. The largest absolute Gasteiger partial charge is 0.497 e. The number of carboxylic acid groups (broad SMARTS) is 1. The molecule has 23 heavy (non-hydrogen) atoms. The van der Waals surface area contributed by atoms with Gasteiger partial charge < -0.3 is 15.2 Å². The van der Waals surface area contributed by atoms with Gasteiger partial charge in [-0.3, -0.25) is 9.59 Å². The highest BCUT2D eigenvalue weighted by atomic mass is 32.1. The van der Waals surface area contributed by atoms with E-state index in [0.29, 0.717) is 16.2 Å². The minimum atomic E-state index is -1.06. The van der Waals surface area contributed by atoms with Crippen molar-refractivity contribution < 1.29 is 19.4 Å². The Bertz CT molecular complexity index is 728. The van der Waals surface area contributed by atoms with Gasteiger partial charge in [0.05, 0.1) is 30.3 Å². The van der Waals surface area contributed by atoms with E-state index in [1.54, 1.807) is 38.1 Å². The Morgan fingerprint density at radius 1 is 1.43 bits per heavy atom. The van der Waals surface area contributed by atoms with Crippen molar-refractivity contribution in [1.82, 2.24) is 10.3 Å². The molecule has 1 aromatic heterocycles. The molecule has 0 radical (unpaired) electrons. The number of methoxy groups -OCH3 is 1. The Hall–Kier alpha value is -2.41. The fraction of sp³-hybridized carbons (Fsp3) is 0.312. The molecule has 0 fully saturated rings. The smallest absolute Gasteiger partial charge is 0.306 e. The molecule has 1 atom stereocenters. The summed E-state index contributed by atoms with van der Waals surface area (Å²) in [5.74, 6) is -0.750. The first-order valence-electron chi connectivity index (χ1n) is 6.95. The molecule has 6 nitrogen and oxygen atoms in total. The van der Waals surface area contributed by atoms with Gasteiger partial charge in [-0.15, -0.1) is 11.3 Å². The Kier molecular flexibility index (Phi) is 5.00. The minimum Gasteiger partial charge on any atom is -0.497 e. The molecule has 0 bridgehead atoms. The molecule has 0 aliphatic heterocycles. The second-order valence-corrected chi connectivity index (χ2v) is 6.57. The standard InChI is InChI=1S/C16H18N2O4S/c1-10-17-9-13(23-10)15(21)18-16(2,8-14(19)20)11-5-4-6-12(7-11)22-3/h4-7,9H,8H2,1-3H3,(H,18,21)(H,19,20). The second kappa shape index (κ2) is 6.78. The first-order chi connectivity index (χ1) is 10.8. The predicted molar refractivity (Wildman–Crippen MR) is 86.9 cm³/mol. The van der Waals surface area contributed by atoms with Crippen LogP contribution < -0.4 is 10.1 Å². The Morgan fingerprint density at radius 3 is 2.74 bits per heavy atom. The number of aromatic nitrogens is 1. The molecule has 122 valence electrons. The van der Waals surface area contributed by atoms with Gasteiger partial charge >= 0.3 is 5.97 Å². The van der Waals surface area contributed by atoms with E-state index in [1.165, 1.54) is 24.6 Å². The Balaban J connectivity index is 2.34. The van der Waals surface area contributed by atoms with E-state index in [1.807, 2.05) is 0 Å². The quantitative estimate of drug-likeness (QED) is 0.847. The summed E-state index contributed by atoms with van der Waals surface area (Å²) < 4.78 is 5.18. The van der Waals surface area contributed by atoms with Crippen LogP contribution in [0, 0.1) is 6.92 Å². The first-order valence-corrected chi connectivity index (χ1v) is 7.77. The number of aliphatic carboxylic acids is 1. The summed E-state index contributed by atoms with van der Waals surface area (Å²) in [6.07, 6.45) is 1.24. The van der Waals surface area contributed by atoms with Crippen LogP contribution in [0.2, 0.25) is 0 Å². The van der Waals surface area contributed by atoms with E-state index in [4.69, 9.17) is 4.74 Å². The fourth-order valence-corrected chi connectivity index (χ4v) is 2.94. The zero-order chi connectivity index (χ0) is 17.0. The second-order valence-electron chi connectivity index (χ2n) is 5.33. The lowest BCUT2D eigenvalue weighted by Crippen LogP contribution is -2.44. The molecule has 0 spiro atoms. The van der Waals surface area contributed by atoms with Crippen molar-refractivity contribution >= 4 is 23.2 Å². The van der Waals surface area contributed by atoms with E-state index in [-0.39, 0.29) is 12.3 Å². The van der Waals surface area contributed by atoms with Crippen LogP contribution in [-0.4, -0.2) is 29.1 Å². The van der Waals surface area contributed by atoms with Crippen LogP contribution in [0.3, 0.4) is 0 Å². The fourth-order valence-electron chi connectivity index (χ4n) is 2.27. The van der Waals surface area contributed by atoms with Crippen LogP contribution in [0.15, 0.2) is 30.5 Å². The maximum Gasteiger partial charge on any atom is 0.306 e. The molecule has 2 aromatic rings. The number of hydrogen-bond donors (Lipinski definition) is 2. The molecule has 7 heteroatoms. The summed E-state index contributed by atoms with van der Waals surface area (Å²) >= 11 is 1.26. The van der Waals surface area contributed by atoms with Gasteiger partial charge in [-0.05, 0) is 31.5 Å². The van der Waals surface area contributed by atoms with Gasteiger partial charge in [0.15, 0.2) is 0 Å². The van der Waals surface area contributed by atoms with Crippen LogP contribution in [0.5, 0.6) is 5.75 Å². The van der Waals surface area contributed by atoms with Crippen LogP contribution in [0.1, 0.15) is 33.6 Å². The number of nitrogens with zero attached hydrogens (tertiary/aromatic N) is 1. The number of carboxylic acids is 1. The van der Waals surface area contributed by atoms with Crippen LogP contribution in [0.4, 0.5) is 0 Å². The molecule has 0 saturated heterocycles. The third kappa shape index (κ3) is 4.07. The number of nitrogens with one attached hydrogen (secondary N) is 1. The lowest BCUT2D eigenvalue weighted by molar-refractivity contribution is -0.138. The number of thiazole rings is 1. The van der Waals surface area contributed by atoms with Crippen molar-refractivity contribution in [2.75, 3.05) is 7.11 Å². The molecule has 2 N–H and O–H groups in total. The average Bonchev–Trinajstić information content (AvgIpc) is 2.93. The maximum atomic E-state index is 12.4. The number of benzene rings is 1. The molecule has 1 unspecified atom stereocenters. The Morgan fingerprint density at radius 2 is 2.17 bits per heavy atom. The monoisotopic (exact) mass is 334 g/mol. The average molecular weight is 334 g/mol. The molecule has 1 aromatic carbocycles. The van der Waals surface area contributed by atoms with Crippen molar-refractivity contribution in [3.05, 3.63) is 45.9 Å². The Labute approximate surface area is 138 Å².